The minimum absolute atomic E-state index is 0.136. The number of nitrogens with one attached hydrogen (secondary N) is 2. The molecule has 2 aliphatic rings. The van der Waals surface area contributed by atoms with E-state index in [-0.39, 0.29) is 5.91 Å². The van der Waals surface area contributed by atoms with Gasteiger partial charge in [-0.1, -0.05) is 12.5 Å². The quantitative estimate of drug-likeness (QED) is 0.875. The molecule has 0 bridgehead atoms. The van der Waals surface area contributed by atoms with Crippen molar-refractivity contribution in [2.75, 3.05) is 11.9 Å². The van der Waals surface area contributed by atoms with Crippen LogP contribution in [-0.4, -0.2) is 18.5 Å². The van der Waals surface area contributed by atoms with Gasteiger partial charge in [-0.15, -0.1) is 0 Å². The van der Waals surface area contributed by atoms with Gasteiger partial charge >= 0.3 is 0 Å². The van der Waals surface area contributed by atoms with Crippen LogP contribution in [0.1, 0.15) is 43.2 Å². The highest BCUT2D eigenvalue weighted by atomic mass is 16.1. The number of amides is 1. The number of fused-ring (bicyclic) bond motifs is 1. The number of hydrogen-bond acceptors (Lipinski definition) is 2. The fraction of sp³-hybridized carbons (Fsp3) is 0.562. The molecule has 0 radical (unpaired) electrons. The Kier molecular flexibility index (Phi) is 3.83. The Labute approximate surface area is 114 Å². The smallest absolute Gasteiger partial charge is 0.225 e. The molecule has 1 unspecified atom stereocenters. The van der Waals surface area contributed by atoms with Crippen molar-refractivity contribution >= 4 is 11.6 Å². The summed E-state index contributed by atoms with van der Waals surface area (Å²) >= 11 is 0. The zero-order valence-electron chi connectivity index (χ0n) is 11.4. The van der Waals surface area contributed by atoms with E-state index in [1.807, 2.05) is 6.07 Å². The molecule has 0 saturated carbocycles. The summed E-state index contributed by atoms with van der Waals surface area (Å²) in [7, 11) is 0. The molecule has 3 rings (SSSR count). The average Bonchev–Trinajstić information content (AvgIpc) is 2.87. The van der Waals surface area contributed by atoms with Crippen LogP contribution in [0, 0.1) is 0 Å². The Morgan fingerprint density at radius 2 is 2.11 bits per heavy atom. The van der Waals surface area contributed by atoms with Crippen molar-refractivity contribution in [3.63, 3.8) is 0 Å². The molecule has 0 spiro atoms. The van der Waals surface area contributed by atoms with Crippen LogP contribution in [0.4, 0.5) is 5.69 Å². The van der Waals surface area contributed by atoms with Crippen molar-refractivity contribution in [3.05, 3.63) is 29.3 Å². The molecule has 2 N–H and O–H groups in total. The maximum atomic E-state index is 12.0. The van der Waals surface area contributed by atoms with Gasteiger partial charge in [-0.05, 0) is 61.9 Å². The molecule has 1 atom stereocenters. The van der Waals surface area contributed by atoms with E-state index in [4.69, 9.17) is 0 Å². The lowest BCUT2D eigenvalue weighted by Crippen LogP contribution is -2.36. The van der Waals surface area contributed by atoms with Gasteiger partial charge in [0.25, 0.3) is 0 Å². The molecule has 1 heterocycles. The summed E-state index contributed by atoms with van der Waals surface area (Å²) in [6.45, 7) is 1.05. The summed E-state index contributed by atoms with van der Waals surface area (Å²) < 4.78 is 0. The van der Waals surface area contributed by atoms with Gasteiger partial charge in [0.2, 0.25) is 5.91 Å². The Morgan fingerprint density at radius 3 is 2.95 bits per heavy atom. The van der Waals surface area contributed by atoms with Crippen molar-refractivity contribution in [3.8, 4) is 0 Å². The van der Waals surface area contributed by atoms with Crippen LogP contribution in [-0.2, 0) is 17.6 Å². The Morgan fingerprint density at radius 1 is 1.21 bits per heavy atom. The van der Waals surface area contributed by atoms with Gasteiger partial charge in [0.1, 0.15) is 0 Å². The van der Waals surface area contributed by atoms with E-state index in [1.165, 1.54) is 36.8 Å². The van der Waals surface area contributed by atoms with Crippen LogP contribution in [0.25, 0.3) is 0 Å². The molecule has 1 aromatic rings. The van der Waals surface area contributed by atoms with E-state index in [0.29, 0.717) is 12.5 Å². The third kappa shape index (κ3) is 3.16. The summed E-state index contributed by atoms with van der Waals surface area (Å²) in [5.41, 5.74) is 3.82. The maximum absolute atomic E-state index is 12.0. The minimum atomic E-state index is 0.136. The standard InChI is InChI=1S/C16H22N2O/c19-16(11-14-6-1-2-9-17-14)18-15-8-7-12-4-3-5-13(12)10-15/h7-8,10,14,17H,1-6,9,11H2,(H,18,19). The summed E-state index contributed by atoms with van der Waals surface area (Å²) in [4.78, 5) is 12.0. The van der Waals surface area contributed by atoms with Crippen molar-refractivity contribution in [1.82, 2.24) is 5.32 Å². The number of carbonyl (C=O) groups excluding carboxylic acids is 1. The van der Waals surface area contributed by atoms with Gasteiger partial charge in [-0.2, -0.15) is 0 Å². The fourth-order valence-electron chi connectivity index (χ4n) is 3.18. The Balaban J connectivity index is 1.56. The summed E-state index contributed by atoms with van der Waals surface area (Å²) in [5, 5.41) is 6.46. The number of aryl methyl sites for hydroxylation is 2. The van der Waals surface area contributed by atoms with Gasteiger partial charge in [-0.25, -0.2) is 0 Å². The van der Waals surface area contributed by atoms with E-state index in [9.17, 15) is 4.79 Å². The first-order valence-corrected chi connectivity index (χ1v) is 7.46. The van der Waals surface area contributed by atoms with Crippen LogP contribution < -0.4 is 10.6 Å². The van der Waals surface area contributed by atoms with E-state index >= 15 is 0 Å². The normalized spacial score (nSPS) is 22.0. The number of hydrogen-bond donors (Lipinski definition) is 2. The van der Waals surface area contributed by atoms with Gasteiger partial charge in [-0.3, -0.25) is 4.79 Å². The molecule has 1 fully saturated rings. The molecule has 102 valence electrons. The molecule has 1 saturated heterocycles. The molecule has 1 aliphatic carbocycles. The molecular formula is C16H22N2O. The van der Waals surface area contributed by atoms with Crippen LogP contribution in [0.2, 0.25) is 0 Å². The summed E-state index contributed by atoms with van der Waals surface area (Å²) in [6.07, 6.45) is 7.79. The van der Waals surface area contributed by atoms with Gasteiger partial charge in [0, 0.05) is 18.2 Å². The largest absolute Gasteiger partial charge is 0.326 e. The van der Waals surface area contributed by atoms with E-state index in [0.717, 1.165) is 25.1 Å². The predicted octanol–water partition coefficient (Wildman–Crippen LogP) is 2.65. The van der Waals surface area contributed by atoms with Crippen molar-refractivity contribution in [2.24, 2.45) is 0 Å². The zero-order chi connectivity index (χ0) is 13.1. The number of piperidine rings is 1. The topological polar surface area (TPSA) is 41.1 Å². The lowest BCUT2D eigenvalue weighted by Gasteiger charge is -2.22. The third-order valence-corrected chi connectivity index (χ3v) is 4.23. The molecule has 1 aliphatic heterocycles. The monoisotopic (exact) mass is 258 g/mol. The molecule has 0 aromatic heterocycles. The van der Waals surface area contributed by atoms with E-state index in [2.05, 4.69) is 22.8 Å². The van der Waals surface area contributed by atoms with Crippen molar-refractivity contribution in [2.45, 2.75) is 51.0 Å². The highest BCUT2D eigenvalue weighted by molar-refractivity contribution is 5.91. The first-order chi connectivity index (χ1) is 9.31. The highest BCUT2D eigenvalue weighted by Gasteiger charge is 2.17. The van der Waals surface area contributed by atoms with Gasteiger partial charge in [0.15, 0.2) is 0 Å². The van der Waals surface area contributed by atoms with Crippen molar-refractivity contribution < 1.29 is 4.79 Å². The molecule has 19 heavy (non-hydrogen) atoms. The first kappa shape index (κ1) is 12.7. The summed E-state index contributed by atoms with van der Waals surface area (Å²) in [5.74, 6) is 0.136. The van der Waals surface area contributed by atoms with Gasteiger partial charge in [0.05, 0.1) is 0 Å². The van der Waals surface area contributed by atoms with Crippen LogP contribution >= 0.6 is 0 Å². The van der Waals surface area contributed by atoms with E-state index in [1.54, 1.807) is 0 Å². The lowest BCUT2D eigenvalue weighted by molar-refractivity contribution is -0.116. The second-order valence-corrected chi connectivity index (χ2v) is 5.74. The number of anilines is 1. The lowest BCUT2D eigenvalue weighted by atomic mass is 10.0. The number of benzene rings is 1. The third-order valence-electron chi connectivity index (χ3n) is 4.23. The molecule has 1 amide bonds. The molecule has 3 heteroatoms. The molecule has 3 nitrogen and oxygen atoms in total. The fourth-order valence-corrected chi connectivity index (χ4v) is 3.18. The van der Waals surface area contributed by atoms with Gasteiger partial charge < -0.3 is 10.6 Å². The maximum Gasteiger partial charge on any atom is 0.225 e. The zero-order valence-corrected chi connectivity index (χ0v) is 11.4. The second-order valence-electron chi connectivity index (χ2n) is 5.74. The molecule has 1 aromatic carbocycles. The molecular weight excluding hydrogens is 236 g/mol. The first-order valence-electron chi connectivity index (χ1n) is 7.46. The van der Waals surface area contributed by atoms with E-state index < -0.39 is 0 Å². The highest BCUT2D eigenvalue weighted by Crippen LogP contribution is 2.25. The number of carbonyl (C=O) groups is 1. The number of rotatable bonds is 3. The van der Waals surface area contributed by atoms with Crippen LogP contribution in [0.15, 0.2) is 18.2 Å². The average molecular weight is 258 g/mol. The minimum Gasteiger partial charge on any atom is -0.326 e. The Hall–Kier alpha value is -1.35. The van der Waals surface area contributed by atoms with Crippen LogP contribution in [0.3, 0.4) is 0 Å². The Bertz CT molecular complexity index is 464. The van der Waals surface area contributed by atoms with Crippen molar-refractivity contribution in [1.29, 1.82) is 0 Å². The second kappa shape index (κ2) is 5.74. The van der Waals surface area contributed by atoms with Crippen LogP contribution in [0.5, 0.6) is 0 Å². The predicted molar refractivity (Wildman–Crippen MR) is 77.4 cm³/mol. The summed E-state index contributed by atoms with van der Waals surface area (Å²) in [6, 6.07) is 6.71. The SMILES string of the molecule is O=C(CC1CCCCN1)Nc1ccc2c(c1)CCC2.